The molecule has 1 aromatic heterocycles. The molecule has 0 aliphatic carbocycles. The van der Waals surface area contributed by atoms with Crippen LogP contribution in [0.2, 0.25) is 0 Å². The Balaban J connectivity index is 2.58. The minimum Gasteiger partial charge on any atom is -0.475 e. The van der Waals surface area contributed by atoms with Crippen LogP contribution >= 0.6 is 0 Å². The van der Waals surface area contributed by atoms with Crippen LogP contribution in [0.1, 0.15) is 19.4 Å². The van der Waals surface area contributed by atoms with Crippen molar-refractivity contribution < 1.29 is 9.47 Å². The molecule has 0 bridgehead atoms. The lowest BCUT2D eigenvalue weighted by Crippen LogP contribution is -2.40. The molecule has 0 fully saturated rings. The van der Waals surface area contributed by atoms with Gasteiger partial charge in [-0.3, -0.25) is 4.99 Å². The highest BCUT2D eigenvalue weighted by Crippen LogP contribution is 2.13. The Bertz CT molecular complexity index is 421. The standard InChI is InChI=1S/C14H24N4O2/c1-11(2)18-14(15-3)17-10-12-6-5-7-16-13(12)20-9-8-19-4/h5-7,11H,8-10H2,1-4H3,(H2,15,17,18). The van der Waals surface area contributed by atoms with E-state index in [9.17, 15) is 0 Å². The molecule has 6 heteroatoms. The topological polar surface area (TPSA) is 67.8 Å². The molecule has 2 N–H and O–H groups in total. The quantitative estimate of drug-likeness (QED) is 0.446. The van der Waals surface area contributed by atoms with E-state index < -0.39 is 0 Å². The largest absolute Gasteiger partial charge is 0.475 e. The van der Waals surface area contributed by atoms with Crippen molar-refractivity contribution in [1.82, 2.24) is 15.6 Å². The van der Waals surface area contributed by atoms with E-state index in [1.165, 1.54) is 0 Å². The molecule has 0 atom stereocenters. The van der Waals surface area contributed by atoms with Gasteiger partial charge in [-0.25, -0.2) is 4.98 Å². The number of nitrogens with one attached hydrogen (secondary N) is 2. The van der Waals surface area contributed by atoms with Gasteiger partial charge in [0, 0.05) is 38.5 Å². The van der Waals surface area contributed by atoms with E-state index in [4.69, 9.17) is 9.47 Å². The van der Waals surface area contributed by atoms with Gasteiger partial charge in [-0.05, 0) is 19.9 Å². The summed E-state index contributed by atoms with van der Waals surface area (Å²) in [5, 5.41) is 6.46. The monoisotopic (exact) mass is 280 g/mol. The van der Waals surface area contributed by atoms with Crippen LogP contribution in [0.5, 0.6) is 5.88 Å². The maximum absolute atomic E-state index is 5.59. The second-order valence-corrected chi connectivity index (χ2v) is 4.53. The first-order chi connectivity index (χ1) is 9.67. The molecule has 1 aromatic rings. The summed E-state index contributed by atoms with van der Waals surface area (Å²) in [7, 11) is 3.39. The summed E-state index contributed by atoms with van der Waals surface area (Å²) < 4.78 is 10.6. The molecule has 112 valence electrons. The van der Waals surface area contributed by atoms with Crippen molar-refractivity contribution in [2.45, 2.75) is 26.4 Å². The molecule has 0 saturated carbocycles. The zero-order valence-corrected chi connectivity index (χ0v) is 12.6. The van der Waals surface area contributed by atoms with E-state index in [0.717, 1.165) is 11.5 Å². The molecule has 0 radical (unpaired) electrons. The normalized spacial score (nSPS) is 11.6. The average molecular weight is 280 g/mol. The van der Waals surface area contributed by atoms with Gasteiger partial charge in [0.15, 0.2) is 5.96 Å². The minimum atomic E-state index is 0.326. The third-order valence-electron chi connectivity index (χ3n) is 2.47. The van der Waals surface area contributed by atoms with Crippen LogP contribution in [0.15, 0.2) is 23.3 Å². The Labute approximate surface area is 120 Å². The third kappa shape index (κ3) is 5.88. The summed E-state index contributed by atoms with van der Waals surface area (Å²) in [5.41, 5.74) is 0.982. The lowest BCUT2D eigenvalue weighted by Gasteiger charge is -2.15. The highest BCUT2D eigenvalue weighted by atomic mass is 16.5. The molecule has 0 spiro atoms. The van der Waals surface area contributed by atoms with Crippen molar-refractivity contribution in [3.63, 3.8) is 0 Å². The Kier molecular flexibility index (Phi) is 7.42. The number of pyridine rings is 1. The molecular weight excluding hydrogens is 256 g/mol. The van der Waals surface area contributed by atoms with Crippen molar-refractivity contribution in [2.75, 3.05) is 27.4 Å². The fourth-order valence-electron chi connectivity index (χ4n) is 1.56. The summed E-state index contributed by atoms with van der Waals surface area (Å²) in [5.74, 6) is 1.38. The summed E-state index contributed by atoms with van der Waals surface area (Å²) in [4.78, 5) is 8.40. The fraction of sp³-hybridized carbons (Fsp3) is 0.571. The predicted molar refractivity (Wildman–Crippen MR) is 80.1 cm³/mol. The molecule has 0 aliphatic heterocycles. The van der Waals surface area contributed by atoms with Crippen molar-refractivity contribution in [3.05, 3.63) is 23.9 Å². The van der Waals surface area contributed by atoms with Crippen molar-refractivity contribution >= 4 is 5.96 Å². The molecule has 0 unspecified atom stereocenters. The first-order valence-electron chi connectivity index (χ1n) is 6.70. The van der Waals surface area contributed by atoms with Gasteiger partial charge in [0.2, 0.25) is 5.88 Å². The van der Waals surface area contributed by atoms with Gasteiger partial charge in [-0.2, -0.15) is 0 Å². The SMILES string of the molecule is CN=C(NCc1cccnc1OCCOC)NC(C)C. The number of ether oxygens (including phenoxy) is 2. The van der Waals surface area contributed by atoms with Gasteiger partial charge in [-0.1, -0.05) is 6.07 Å². The van der Waals surface area contributed by atoms with Gasteiger partial charge in [0.1, 0.15) is 6.61 Å². The number of nitrogens with zero attached hydrogens (tertiary/aromatic N) is 2. The van der Waals surface area contributed by atoms with Crippen LogP contribution in [-0.2, 0) is 11.3 Å². The Morgan fingerprint density at radius 2 is 2.20 bits per heavy atom. The summed E-state index contributed by atoms with van der Waals surface area (Å²) in [6, 6.07) is 4.19. The van der Waals surface area contributed by atoms with Crippen molar-refractivity contribution in [3.8, 4) is 5.88 Å². The van der Waals surface area contributed by atoms with Gasteiger partial charge in [0.25, 0.3) is 0 Å². The van der Waals surface area contributed by atoms with Gasteiger partial charge in [0.05, 0.1) is 6.61 Å². The number of methoxy groups -OCH3 is 1. The predicted octanol–water partition coefficient (Wildman–Crippen LogP) is 1.18. The fourth-order valence-corrected chi connectivity index (χ4v) is 1.56. The second-order valence-electron chi connectivity index (χ2n) is 4.53. The summed E-state index contributed by atoms with van der Waals surface area (Å²) in [6.45, 7) is 5.76. The highest BCUT2D eigenvalue weighted by Gasteiger charge is 2.06. The number of aromatic nitrogens is 1. The lowest BCUT2D eigenvalue weighted by atomic mass is 10.2. The molecule has 0 amide bonds. The van der Waals surface area contributed by atoms with E-state index in [0.29, 0.717) is 31.7 Å². The molecule has 1 heterocycles. The number of hydrogen-bond acceptors (Lipinski definition) is 4. The number of aliphatic imine (C=N–C) groups is 1. The minimum absolute atomic E-state index is 0.326. The van der Waals surface area contributed by atoms with Crippen LogP contribution in [0, 0.1) is 0 Å². The molecule has 0 aliphatic rings. The second kappa shape index (κ2) is 9.14. The number of hydrogen-bond donors (Lipinski definition) is 2. The van der Waals surface area contributed by atoms with E-state index in [1.807, 2.05) is 12.1 Å². The van der Waals surface area contributed by atoms with Crippen LogP contribution in [0.25, 0.3) is 0 Å². The van der Waals surface area contributed by atoms with Gasteiger partial charge in [-0.15, -0.1) is 0 Å². The molecule has 20 heavy (non-hydrogen) atoms. The van der Waals surface area contributed by atoms with E-state index in [-0.39, 0.29) is 0 Å². The maximum Gasteiger partial charge on any atom is 0.218 e. The van der Waals surface area contributed by atoms with Crippen LogP contribution in [0.4, 0.5) is 0 Å². The molecule has 1 rings (SSSR count). The zero-order valence-electron chi connectivity index (χ0n) is 12.6. The van der Waals surface area contributed by atoms with Crippen molar-refractivity contribution in [1.29, 1.82) is 0 Å². The Hall–Kier alpha value is -1.82. The molecule has 0 saturated heterocycles. The first-order valence-corrected chi connectivity index (χ1v) is 6.70. The van der Waals surface area contributed by atoms with E-state index >= 15 is 0 Å². The third-order valence-corrected chi connectivity index (χ3v) is 2.47. The van der Waals surface area contributed by atoms with Crippen LogP contribution in [-0.4, -0.2) is 44.4 Å². The molecular formula is C14H24N4O2. The first kappa shape index (κ1) is 16.2. The highest BCUT2D eigenvalue weighted by molar-refractivity contribution is 5.79. The summed E-state index contributed by atoms with van der Waals surface area (Å²) in [6.07, 6.45) is 1.72. The Morgan fingerprint density at radius 1 is 1.40 bits per heavy atom. The molecule has 6 nitrogen and oxygen atoms in total. The smallest absolute Gasteiger partial charge is 0.218 e. The zero-order chi connectivity index (χ0) is 14.8. The van der Waals surface area contributed by atoms with Crippen LogP contribution < -0.4 is 15.4 Å². The number of rotatable bonds is 7. The average Bonchev–Trinajstić information content (AvgIpc) is 2.44. The van der Waals surface area contributed by atoms with E-state index in [1.54, 1.807) is 20.4 Å². The van der Waals surface area contributed by atoms with Gasteiger partial charge < -0.3 is 20.1 Å². The Morgan fingerprint density at radius 3 is 2.85 bits per heavy atom. The molecule has 0 aromatic carbocycles. The lowest BCUT2D eigenvalue weighted by molar-refractivity contribution is 0.143. The van der Waals surface area contributed by atoms with Gasteiger partial charge >= 0.3 is 0 Å². The van der Waals surface area contributed by atoms with E-state index in [2.05, 4.69) is 34.5 Å². The summed E-state index contributed by atoms with van der Waals surface area (Å²) >= 11 is 0. The number of guanidine groups is 1. The maximum atomic E-state index is 5.59. The van der Waals surface area contributed by atoms with Crippen molar-refractivity contribution in [2.24, 2.45) is 4.99 Å². The van der Waals surface area contributed by atoms with Crippen LogP contribution in [0.3, 0.4) is 0 Å².